The molecule has 2 aromatic carbocycles. The maximum atomic E-state index is 12.8. The zero-order valence-electron chi connectivity index (χ0n) is 17.0. The number of benzene rings is 2. The highest BCUT2D eigenvalue weighted by atomic mass is 32.1. The third kappa shape index (κ3) is 3.75. The molecule has 2 aromatic heterocycles. The van der Waals surface area contributed by atoms with Crippen LogP contribution in [0.4, 0.5) is 0 Å². The maximum absolute atomic E-state index is 12.8. The average Bonchev–Trinajstić information content (AvgIpc) is 3.32. The van der Waals surface area contributed by atoms with Crippen LogP contribution in [0.15, 0.2) is 58.9 Å². The predicted molar refractivity (Wildman–Crippen MR) is 123 cm³/mol. The van der Waals surface area contributed by atoms with E-state index in [0.29, 0.717) is 15.3 Å². The van der Waals surface area contributed by atoms with Crippen LogP contribution in [0.2, 0.25) is 0 Å². The average molecular weight is 430 g/mol. The highest BCUT2D eigenvalue weighted by molar-refractivity contribution is 7.15. The Labute approximate surface area is 182 Å². The summed E-state index contributed by atoms with van der Waals surface area (Å²) in [5.74, 6) is 2.15. The summed E-state index contributed by atoms with van der Waals surface area (Å²) in [5, 5.41) is 4.35. The summed E-state index contributed by atoms with van der Waals surface area (Å²) >= 11 is 1.32. The van der Waals surface area contributed by atoms with Gasteiger partial charge in [-0.1, -0.05) is 47.7 Å². The Bertz CT molecular complexity index is 1430. The molecule has 1 aliphatic heterocycles. The van der Waals surface area contributed by atoms with Gasteiger partial charge in [-0.2, -0.15) is 9.50 Å². The Hall–Kier alpha value is -3.71. The third-order valence-corrected chi connectivity index (χ3v) is 6.01. The number of thiazole rings is 1. The van der Waals surface area contributed by atoms with E-state index >= 15 is 0 Å². The predicted octanol–water partition coefficient (Wildman–Crippen LogP) is 3.69. The second-order valence-electron chi connectivity index (χ2n) is 7.13. The molecule has 0 fully saturated rings. The Balaban J connectivity index is 1.45. The van der Waals surface area contributed by atoms with E-state index in [2.05, 4.69) is 16.2 Å². The molecule has 1 unspecified atom stereocenters. The van der Waals surface area contributed by atoms with Crippen molar-refractivity contribution in [1.29, 1.82) is 0 Å². The van der Waals surface area contributed by atoms with Crippen LogP contribution in [-0.2, 0) is 0 Å². The monoisotopic (exact) mass is 429 g/mol. The van der Waals surface area contributed by atoms with E-state index in [-0.39, 0.29) is 11.7 Å². The van der Waals surface area contributed by atoms with E-state index < -0.39 is 0 Å². The molecular formula is C24H19N3O3S. The summed E-state index contributed by atoms with van der Waals surface area (Å²) in [4.78, 5) is 17.9. The second-order valence-corrected chi connectivity index (χ2v) is 8.14. The van der Waals surface area contributed by atoms with E-state index in [1.165, 1.54) is 15.9 Å². The molecule has 6 nitrogen and oxygen atoms in total. The second kappa shape index (κ2) is 7.85. The van der Waals surface area contributed by atoms with E-state index in [4.69, 9.17) is 9.47 Å². The molecule has 0 radical (unpaired) electrons. The van der Waals surface area contributed by atoms with E-state index in [0.717, 1.165) is 28.2 Å². The molecule has 5 rings (SSSR count). The minimum absolute atomic E-state index is 0.139. The first kappa shape index (κ1) is 19.3. The van der Waals surface area contributed by atoms with Gasteiger partial charge in [0.25, 0.3) is 5.56 Å². The van der Waals surface area contributed by atoms with Crippen molar-refractivity contribution in [3.63, 3.8) is 0 Å². The van der Waals surface area contributed by atoms with Crippen molar-refractivity contribution >= 4 is 40.6 Å². The van der Waals surface area contributed by atoms with Crippen molar-refractivity contribution in [3.05, 3.63) is 85.9 Å². The van der Waals surface area contributed by atoms with Crippen molar-refractivity contribution in [1.82, 2.24) is 14.6 Å². The van der Waals surface area contributed by atoms with Crippen LogP contribution in [0.25, 0.3) is 29.3 Å². The molecule has 0 N–H and O–H groups in total. The zero-order valence-corrected chi connectivity index (χ0v) is 17.8. The first-order valence-corrected chi connectivity index (χ1v) is 10.6. The van der Waals surface area contributed by atoms with Crippen LogP contribution in [0.1, 0.15) is 23.9 Å². The maximum Gasteiger partial charge on any atom is 0.291 e. The number of ether oxygens (including phenoxy) is 2. The topological polar surface area (TPSA) is 65.7 Å². The fraction of sp³-hybridized carbons (Fsp3) is 0.125. The number of nitrogens with zero attached hydrogens (tertiary/aromatic N) is 3. The van der Waals surface area contributed by atoms with Gasteiger partial charge in [0.05, 0.1) is 11.6 Å². The number of rotatable bonds is 4. The summed E-state index contributed by atoms with van der Waals surface area (Å²) in [5.41, 5.74) is 2.77. The summed E-state index contributed by atoms with van der Waals surface area (Å²) in [6.07, 6.45) is 7.49. The van der Waals surface area contributed by atoms with Crippen LogP contribution in [-0.4, -0.2) is 27.8 Å². The van der Waals surface area contributed by atoms with Crippen molar-refractivity contribution < 1.29 is 9.47 Å². The van der Waals surface area contributed by atoms with Gasteiger partial charge >= 0.3 is 0 Å². The van der Waals surface area contributed by atoms with Crippen LogP contribution < -0.4 is 19.6 Å². The Kier molecular flexibility index (Phi) is 4.88. The molecule has 154 valence electrons. The Morgan fingerprint density at radius 3 is 2.71 bits per heavy atom. The summed E-state index contributed by atoms with van der Waals surface area (Å²) < 4.78 is 13.1. The van der Waals surface area contributed by atoms with E-state index in [9.17, 15) is 4.79 Å². The molecule has 1 aliphatic rings. The molecule has 0 spiro atoms. The highest BCUT2D eigenvalue weighted by Gasteiger charge is 2.18. The quantitative estimate of drug-likeness (QED) is 0.495. The van der Waals surface area contributed by atoms with Gasteiger partial charge < -0.3 is 9.47 Å². The normalized spacial score (nSPS) is 16.4. The van der Waals surface area contributed by atoms with Gasteiger partial charge in [0, 0.05) is 5.56 Å². The van der Waals surface area contributed by atoms with E-state index in [1.807, 2.05) is 67.6 Å². The Morgan fingerprint density at radius 1 is 1.13 bits per heavy atom. The van der Waals surface area contributed by atoms with Crippen LogP contribution in [0, 0.1) is 0 Å². The largest absolute Gasteiger partial charge is 0.497 e. The minimum atomic E-state index is -0.177. The van der Waals surface area contributed by atoms with Gasteiger partial charge in [-0.3, -0.25) is 4.79 Å². The molecule has 7 heteroatoms. The minimum Gasteiger partial charge on any atom is -0.497 e. The van der Waals surface area contributed by atoms with Crippen LogP contribution in [0.3, 0.4) is 0 Å². The van der Waals surface area contributed by atoms with Crippen molar-refractivity contribution in [2.45, 2.75) is 13.0 Å². The fourth-order valence-corrected chi connectivity index (χ4v) is 4.29. The van der Waals surface area contributed by atoms with Gasteiger partial charge in [-0.05, 0) is 54.5 Å². The summed E-state index contributed by atoms with van der Waals surface area (Å²) in [6.45, 7) is 1.97. The smallest absolute Gasteiger partial charge is 0.291 e. The standard InChI is InChI=1S/C24H19N3O3S/c1-15-18(13-17-5-3-4-6-20(17)30-15)14-21-23(28)27-24(31-21)25-22(26-27)12-9-16-7-10-19(29-2)11-8-16/h3-15H,1-2H3/b12-9+,21-14-. The zero-order chi connectivity index (χ0) is 21.4. The molecule has 31 heavy (non-hydrogen) atoms. The van der Waals surface area contributed by atoms with Crippen molar-refractivity contribution in [2.75, 3.05) is 7.11 Å². The molecule has 0 aliphatic carbocycles. The van der Waals surface area contributed by atoms with Crippen LogP contribution >= 0.6 is 11.3 Å². The first-order valence-electron chi connectivity index (χ1n) is 9.81. The summed E-state index contributed by atoms with van der Waals surface area (Å²) in [6, 6.07) is 15.5. The van der Waals surface area contributed by atoms with Crippen LogP contribution in [0.5, 0.6) is 11.5 Å². The number of fused-ring (bicyclic) bond motifs is 2. The lowest BCUT2D eigenvalue weighted by Crippen LogP contribution is -2.26. The third-order valence-electron chi connectivity index (χ3n) is 5.05. The number of para-hydroxylation sites is 1. The number of methoxy groups -OCH3 is 1. The molecule has 1 atom stereocenters. The molecule has 3 heterocycles. The molecule has 4 aromatic rings. The lowest BCUT2D eigenvalue weighted by molar-refractivity contribution is 0.259. The van der Waals surface area contributed by atoms with Gasteiger partial charge in [0.2, 0.25) is 4.96 Å². The van der Waals surface area contributed by atoms with Gasteiger partial charge in [-0.15, -0.1) is 5.10 Å². The number of hydrogen-bond donors (Lipinski definition) is 0. The SMILES string of the molecule is COc1ccc(/C=C/c2nc3s/c(=C\C4=Cc5ccccc5OC4C)c(=O)n3n2)cc1. The fourth-order valence-electron chi connectivity index (χ4n) is 3.38. The molecule has 0 saturated heterocycles. The number of aromatic nitrogens is 3. The molecule has 0 amide bonds. The van der Waals surface area contributed by atoms with E-state index in [1.54, 1.807) is 13.2 Å². The highest BCUT2D eigenvalue weighted by Crippen LogP contribution is 2.29. The summed E-state index contributed by atoms with van der Waals surface area (Å²) in [7, 11) is 1.64. The van der Waals surface area contributed by atoms with Crippen molar-refractivity contribution in [3.8, 4) is 11.5 Å². The lowest BCUT2D eigenvalue weighted by Gasteiger charge is -2.22. The van der Waals surface area contributed by atoms with Gasteiger partial charge in [0.1, 0.15) is 17.6 Å². The Morgan fingerprint density at radius 2 is 1.94 bits per heavy atom. The van der Waals surface area contributed by atoms with Crippen molar-refractivity contribution in [2.24, 2.45) is 0 Å². The lowest BCUT2D eigenvalue weighted by atomic mass is 10.0. The van der Waals surface area contributed by atoms with Gasteiger partial charge in [-0.25, -0.2) is 0 Å². The molecular weight excluding hydrogens is 410 g/mol. The van der Waals surface area contributed by atoms with Gasteiger partial charge in [0.15, 0.2) is 5.82 Å². The molecule has 0 saturated carbocycles. The number of hydrogen-bond acceptors (Lipinski definition) is 6. The molecule has 0 bridgehead atoms. The first-order chi connectivity index (χ1) is 15.1.